The van der Waals surface area contributed by atoms with Gasteiger partial charge in [0.1, 0.15) is 23.9 Å². The zero-order valence-corrected chi connectivity index (χ0v) is 29.8. The van der Waals surface area contributed by atoms with Gasteiger partial charge in [0.05, 0.1) is 19.8 Å². The summed E-state index contributed by atoms with van der Waals surface area (Å²) in [6.07, 6.45) is 6.12. The molecule has 4 atom stereocenters. The maximum Gasteiger partial charge on any atom is 0.243 e. The number of nitrogens with zero attached hydrogens (tertiary/aromatic N) is 2. The molecule has 3 N–H and O–H groups in total. The number of carbonyl (C=O) groups is 4. The number of nitrogens with one attached hydrogen (secondary N) is 3. The molecule has 0 aromatic heterocycles. The Morgan fingerprint density at radius 2 is 1.82 bits per heavy atom. The number of hydrogen-bond acceptors (Lipinski definition) is 9. The van der Waals surface area contributed by atoms with Gasteiger partial charge in [-0.2, -0.15) is 0 Å². The van der Waals surface area contributed by atoms with Crippen LogP contribution in [0.3, 0.4) is 0 Å². The summed E-state index contributed by atoms with van der Waals surface area (Å²) in [5.41, 5.74) is 0.844. The van der Waals surface area contributed by atoms with E-state index in [0.29, 0.717) is 96.7 Å². The van der Waals surface area contributed by atoms with E-state index in [2.05, 4.69) is 20.9 Å². The van der Waals surface area contributed by atoms with Crippen LogP contribution in [0.25, 0.3) is 0 Å². The molecule has 272 valence electrons. The van der Waals surface area contributed by atoms with Gasteiger partial charge in [-0.1, -0.05) is 32.1 Å². The minimum absolute atomic E-state index is 0.103. The number of ether oxygens (including phenoxy) is 2. The molecule has 2 saturated heterocycles. The van der Waals surface area contributed by atoms with Crippen molar-refractivity contribution in [2.45, 2.75) is 89.4 Å². The van der Waals surface area contributed by atoms with Crippen LogP contribution < -0.4 is 20.7 Å². The first-order chi connectivity index (χ1) is 23.4. The Morgan fingerprint density at radius 1 is 1.04 bits per heavy atom. The number of sulfone groups is 1. The van der Waals surface area contributed by atoms with Crippen molar-refractivity contribution in [3.05, 3.63) is 41.3 Å². The highest BCUT2D eigenvalue weighted by molar-refractivity contribution is 7.93. The number of carbonyl (C=O) groups excluding carboxylic acids is 4. The number of likely N-dealkylation sites (tertiary alicyclic amines) is 1. The average Bonchev–Trinajstić information content (AvgIpc) is 3.48. The molecule has 0 radical (unpaired) electrons. The van der Waals surface area contributed by atoms with Gasteiger partial charge in [0.15, 0.2) is 9.84 Å². The van der Waals surface area contributed by atoms with Gasteiger partial charge in [-0.3, -0.25) is 24.1 Å². The highest BCUT2D eigenvalue weighted by Crippen LogP contribution is 2.21. The Bertz CT molecular complexity index is 1430. The number of hydrogen-bond donors (Lipinski definition) is 3. The lowest BCUT2D eigenvalue weighted by Gasteiger charge is -2.31. The summed E-state index contributed by atoms with van der Waals surface area (Å²) in [6, 6.07) is 4.19. The Balaban J connectivity index is 1.62. The topological polar surface area (TPSA) is 163 Å². The van der Waals surface area contributed by atoms with Crippen molar-refractivity contribution in [3.8, 4) is 5.75 Å². The van der Waals surface area contributed by atoms with Gasteiger partial charge in [0, 0.05) is 56.7 Å². The third-order valence-electron chi connectivity index (χ3n) is 8.99. The van der Waals surface area contributed by atoms with Crippen LogP contribution in [0.2, 0.25) is 0 Å². The van der Waals surface area contributed by atoms with Crippen LogP contribution in [-0.2, 0) is 40.2 Å². The molecule has 1 aromatic rings. The first-order valence-corrected chi connectivity index (χ1v) is 19.4. The Kier molecular flexibility index (Phi) is 14.5. The van der Waals surface area contributed by atoms with Crippen molar-refractivity contribution in [2.75, 3.05) is 52.3 Å². The zero-order chi connectivity index (χ0) is 35.4. The zero-order valence-electron chi connectivity index (χ0n) is 29.0. The molecule has 13 nitrogen and oxygen atoms in total. The first kappa shape index (κ1) is 38.3. The summed E-state index contributed by atoms with van der Waals surface area (Å²) in [5.74, 6) is -0.659. The van der Waals surface area contributed by atoms with Crippen LogP contribution >= 0.6 is 0 Å². The van der Waals surface area contributed by atoms with E-state index < -0.39 is 51.7 Å². The number of fused-ring (bicyclic) bond motifs is 2. The standard InChI is InChI=1S/C35H53N5O8S/c1-25(2)22-27(13-21-49(3,45)46)36-33(42)29-10-4-5-18-48-28-9-6-8-26(23-28)24-31(40-14-7-11-32(40)41)35(44)38-30(34(43)37-29)12-15-39-16-19-47-20-17-39/h6,8-9,13,21,23,25,27,29-31H,4-5,7,10-12,14-20,22,24H2,1-3H3,(H,36,42)(H,37,43)(H,38,44)/b21-13+/t27-,29+,30+,31+/m1/s1. The van der Waals surface area contributed by atoms with E-state index in [-0.39, 0.29) is 18.2 Å². The van der Waals surface area contributed by atoms with E-state index in [9.17, 15) is 27.6 Å². The molecule has 3 aliphatic heterocycles. The van der Waals surface area contributed by atoms with E-state index in [1.807, 2.05) is 38.1 Å². The largest absolute Gasteiger partial charge is 0.494 e. The van der Waals surface area contributed by atoms with Crippen LogP contribution in [0.1, 0.15) is 64.4 Å². The molecular formula is C35H53N5O8S. The summed E-state index contributed by atoms with van der Waals surface area (Å²) in [6.45, 7) is 7.88. The highest BCUT2D eigenvalue weighted by atomic mass is 32.2. The van der Waals surface area contributed by atoms with Crippen LogP contribution in [0, 0.1) is 5.92 Å². The quantitative estimate of drug-likeness (QED) is 0.328. The maximum absolute atomic E-state index is 14.1. The van der Waals surface area contributed by atoms with Gasteiger partial charge in [0.2, 0.25) is 23.6 Å². The van der Waals surface area contributed by atoms with Gasteiger partial charge >= 0.3 is 0 Å². The second kappa shape index (κ2) is 18.5. The van der Waals surface area contributed by atoms with Crippen LogP contribution in [0.15, 0.2) is 35.7 Å². The van der Waals surface area contributed by atoms with Crippen LogP contribution in [0.5, 0.6) is 5.75 Å². The maximum atomic E-state index is 14.1. The fourth-order valence-electron chi connectivity index (χ4n) is 6.40. The molecule has 49 heavy (non-hydrogen) atoms. The molecule has 2 fully saturated rings. The van der Waals surface area contributed by atoms with E-state index in [4.69, 9.17) is 9.47 Å². The lowest BCUT2D eigenvalue weighted by Crippen LogP contribution is -2.58. The van der Waals surface area contributed by atoms with Crippen molar-refractivity contribution >= 4 is 33.5 Å². The normalized spacial score (nSPS) is 24.4. The summed E-state index contributed by atoms with van der Waals surface area (Å²) in [5, 5.41) is 9.90. The minimum Gasteiger partial charge on any atom is -0.494 e. The summed E-state index contributed by atoms with van der Waals surface area (Å²) >= 11 is 0. The molecule has 1 aromatic carbocycles. The van der Waals surface area contributed by atoms with Gasteiger partial charge < -0.3 is 30.3 Å². The molecule has 3 heterocycles. The van der Waals surface area contributed by atoms with Crippen molar-refractivity contribution in [1.82, 2.24) is 25.8 Å². The fraction of sp³-hybridized carbons (Fsp3) is 0.657. The highest BCUT2D eigenvalue weighted by Gasteiger charge is 2.36. The average molecular weight is 704 g/mol. The number of benzene rings is 1. The van der Waals surface area contributed by atoms with Crippen molar-refractivity contribution in [1.29, 1.82) is 0 Å². The van der Waals surface area contributed by atoms with E-state index in [1.165, 1.54) is 6.08 Å². The molecule has 2 bridgehead atoms. The van der Waals surface area contributed by atoms with E-state index >= 15 is 0 Å². The van der Waals surface area contributed by atoms with Gasteiger partial charge in [-0.05, 0) is 62.1 Å². The van der Waals surface area contributed by atoms with Gasteiger partial charge in [-0.15, -0.1) is 0 Å². The second-order valence-corrected chi connectivity index (χ2v) is 15.6. The molecule has 3 aliphatic rings. The Hall–Kier alpha value is -3.49. The van der Waals surface area contributed by atoms with Gasteiger partial charge in [0.25, 0.3) is 0 Å². The monoisotopic (exact) mass is 703 g/mol. The molecule has 0 saturated carbocycles. The van der Waals surface area contributed by atoms with Gasteiger partial charge in [-0.25, -0.2) is 8.42 Å². The predicted molar refractivity (Wildman–Crippen MR) is 185 cm³/mol. The molecule has 0 aliphatic carbocycles. The number of morpholine rings is 1. The number of rotatable bonds is 10. The molecule has 4 amide bonds. The second-order valence-electron chi connectivity index (χ2n) is 13.7. The summed E-state index contributed by atoms with van der Waals surface area (Å²) in [4.78, 5) is 58.5. The third-order valence-corrected chi connectivity index (χ3v) is 9.64. The molecular weight excluding hydrogens is 650 g/mol. The summed E-state index contributed by atoms with van der Waals surface area (Å²) in [7, 11) is -3.42. The van der Waals surface area contributed by atoms with E-state index in [1.54, 1.807) is 4.90 Å². The fourth-order valence-corrected chi connectivity index (χ4v) is 6.87. The van der Waals surface area contributed by atoms with Crippen molar-refractivity contribution in [3.63, 3.8) is 0 Å². The van der Waals surface area contributed by atoms with E-state index in [0.717, 1.165) is 17.2 Å². The van der Waals surface area contributed by atoms with Crippen LogP contribution in [-0.4, -0.2) is 118 Å². The SMILES string of the molecule is CC(C)C[C@@H](/C=C/S(C)(=O)=O)NC(=O)[C@@H]1CCCCOc2cccc(c2)C[C@H](N2CCCC2=O)C(=O)N[C@@H](CCN2CCOCC2)C(=O)N1. The molecule has 14 heteroatoms. The third kappa shape index (κ3) is 12.7. The molecule has 4 rings (SSSR count). The Labute approximate surface area is 290 Å². The van der Waals surface area contributed by atoms with Crippen molar-refractivity contribution in [2.24, 2.45) is 5.92 Å². The van der Waals surface area contributed by atoms with Crippen molar-refractivity contribution < 1.29 is 37.1 Å². The lowest BCUT2D eigenvalue weighted by molar-refractivity contribution is -0.139. The van der Waals surface area contributed by atoms with Crippen LogP contribution in [0.4, 0.5) is 0 Å². The molecule has 0 spiro atoms. The Morgan fingerprint density at radius 3 is 2.51 bits per heavy atom. The first-order valence-electron chi connectivity index (χ1n) is 17.5. The predicted octanol–water partition coefficient (Wildman–Crippen LogP) is 1.56. The lowest BCUT2D eigenvalue weighted by atomic mass is 10.0. The molecule has 0 unspecified atom stereocenters. The number of amides is 4. The smallest absolute Gasteiger partial charge is 0.243 e. The summed E-state index contributed by atoms with van der Waals surface area (Å²) < 4.78 is 35.2. The minimum atomic E-state index is -3.42.